The van der Waals surface area contributed by atoms with Crippen LogP contribution in [0.4, 0.5) is 5.69 Å². The first-order valence-electron chi connectivity index (χ1n) is 7.97. The second kappa shape index (κ2) is 6.84. The van der Waals surface area contributed by atoms with Crippen LogP contribution >= 0.6 is 0 Å². The molecule has 2 amide bonds. The summed E-state index contributed by atoms with van der Waals surface area (Å²) >= 11 is 0. The maximum atomic E-state index is 12.6. The molecule has 1 aliphatic rings. The summed E-state index contributed by atoms with van der Waals surface area (Å²) in [5.74, 6) is 1.11. The number of fused-ring (bicyclic) bond motifs is 1. The van der Waals surface area contributed by atoms with Gasteiger partial charge in [0, 0.05) is 16.8 Å². The minimum Gasteiger partial charge on any atom is -0.497 e. The summed E-state index contributed by atoms with van der Waals surface area (Å²) in [6, 6.07) is 10.4. The fourth-order valence-corrected chi connectivity index (χ4v) is 2.91. The minimum absolute atomic E-state index is 0.0537. The van der Waals surface area contributed by atoms with Gasteiger partial charge in [0.1, 0.15) is 11.5 Å². The van der Waals surface area contributed by atoms with Crippen molar-refractivity contribution < 1.29 is 19.1 Å². The minimum atomic E-state index is -0.273. The predicted molar refractivity (Wildman–Crippen MR) is 94.2 cm³/mol. The van der Waals surface area contributed by atoms with Crippen LogP contribution in [0.2, 0.25) is 0 Å². The van der Waals surface area contributed by atoms with Crippen molar-refractivity contribution >= 4 is 17.5 Å². The molecule has 0 aliphatic carbocycles. The van der Waals surface area contributed by atoms with E-state index in [-0.39, 0.29) is 17.9 Å². The lowest BCUT2D eigenvalue weighted by Crippen LogP contribution is -2.27. The molecule has 0 fully saturated rings. The van der Waals surface area contributed by atoms with Crippen LogP contribution in [0, 0.1) is 0 Å². The van der Waals surface area contributed by atoms with Gasteiger partial charge in [-0.15, -0.1) is 0 Å². The largest absolute Gasteiger partial charge is 0.497 e. The monoisotopic (exact) mass is 340 g/mol. The number of benzene rings is 2. The molecule has 130 valence electrons. The number of carbonyl (C=O) groups is 2. The van der Waals surface area contributed by atoms with E-state index in [2.05, 4.69) is 10.6 Å². The third-order valence-corrected chi connectivity index (χ3v) is 4.24. The van der Waals surface area contributed by atoms with E-state index < -0.39 is 0 Å². The van der Waals surface area contributed by atoms with Crippen LogP contribution in [0.25, 0.3) is 0 Å². The molecule has 0 saturated heterocycles. The van der Waals surface area contributed by atoms with E-state index in [1.807, 2.05) is 19.1 Å². The molecule has 2 aromatic rings. The number of anilines is 1. The molecule has 2 N–H and O–H groups in total. The van der Waals surface area contributed by atoms with Crippen molar-refractivity contribution in [1.29, 1.82) is 0 Å². The topological polar surface area (TPSA) is 76.7 Å². The first-order chi connectivity index (χ1) is 12.0. The van der Waals surface area contributed by atoms with Crippen molar-refractivity contribution in [2.45, 2.75) is 19.4 Å². The highest BCUT2D eigenvalue weighted by Crippen LogP contribution is 2.30. The van der Waals surface area contributed by atoms with Gasteiger partial charge < -0.3 is 20.1 Å². The summed E-state index contributed by atoms with van der Waals surface area (Å²) in [7, 11) is 3.18. The van der Waals surface area contributed by atoms with Crippen molar-refractivity contribution in [2.24, 2.45) is 0 Å². The molecule has 1 aliphatic heterocycles. The van der Waals surface area contributed by atoms with E-state index in [0.29, 0.717) is 23.5 Å². The molecule has 6 heteroatoms. The fraction of sp³-hybridized carbons (Fsp3) is 0.263. The van der Waals surface area contributed by atoms with E-state index in [1.165, 1.54) is 0 Å². The fourth-order valence-electron chi connectivity index (χ4n) is 2.91. The second-order valence-electron chi connectivity index (χ2n) is 5.90. The van der Waals surface area contributed by atoms with Crippen molar-refractivity contribution in [3.8, 4) is 11.5 Å². The number of carbonyl (C=O) groups excluding carboxylic acids is 2. The molecule has 0 spiro atoms. The van der Waals surface area contributed by atoms with Gasteiger partial charge in [-0.25, -0.2) is 0 Å². The van der Waals surface area contributed by atoms with Crippen molar-refractivity contribution in [2.75, 3.05) is 19.5 Å². The summed E-state index contributed by atoms with van der Waals surface area (Å²) < 4.78 is 10.6. The lowest BCUT2D eigenvalue weighted by molar-refractivity contribution is -0.115. The molecule has 1 heterocycles. The Kier molecular flexibility index (Phi) is 4.61. The number of ether oxygens (including phenoxy) is 2. The average molecular weight is 340 g/mol. The Balaban J connectivity index is 1.79. The average Bonchev–Trinajstić information content (AvgIpc) is 3.00. The van der Waals surface area contributed by atoms with Crippen LogP contribution in [-0.4, -0.2) is 26.0 Å². The summed E-state index contributed by atoms with van der Waals surface area (Å²) in [6.07, 6.45) is 0.301. The molecule has 2 aromatic carbocycles. The van der Waals surface area contributed by atoms with Crippen LogP contribution in [0.1, 0.15) is 34.5 Å². The van der Waals surface area contributed by atoms with Crippen LogP contribution in [-0.2, 0) is 11.2 Å². The lowest BCUT2D eigenvalue weighted by atomic mass is 10.0. The van der Waals surface area contributed by atoms with Gasteiger partial charge in [-0.2, -0.15) is 0 Å². The quantitative estimate of drug-likeness (QED) is 0.877. The Hall–Kier alpha value is -3.02. The lowest BCUT2D eigenvalue weighted by Gasteiger charge is -2.18. The molecule has 0 radical (unpaired) electrons. The molecule has 25 heavy (non-hydrogen) atoms. The number of hydrogen-bond donors (Lipinski definition) is 2. The Morgan fingerprint density at radius 1 is 1.16 bits per heavy atom. The summed E-state index contributed by atoms with van der Waals surface area (Å²) in [4.78, 5) is 24.0. The molecule has 0 bridgehead atoms. The van der Waals surface area contributed by atoms with E-state index >= 15 is 0 Å². The third-order valence-electron chi connectivity index (χ3n) is 4.24. The Morgan fingerprint density at radius 3 is 2.68 bits per heavy atom. The van der Waals surface area contributed by atoms with Crippen LogP contribution in [0.5, 0.6) is 11.5 Å². The zero-order valence-electron chi connectivity index (χ0n) is 14.4. The first-order valence-corrected chi connectivity index (χ1v) is 7.97. The maximum Gasteiger partial charge on any atom is 0.251 e. The Labute approximate surface area is 146 Å². The molecule has 3 rings (SSSR count). The second-order valence-corrected chi connectivity index (χ2v) is 5.90. The highest BCUT2D eigenvalue weighted by atomic mass is 16.5. The first kappa shape index (κ1) is 16.8. The number of methoxy groups -OCH3 is 2. The van der Waals surface area contributed by atoms with Gasteiger partial charge in [-0.3, -0.25) is 9.59 Å². The van der Waals surface area contributed by atoms with Crippen LogP contribution in [0.3, 0.4) is 0 Å². The van der Waals surface area contributed by atoms with E-state index in [4.69, 9.17) is 9.47 Å². The van der Waals surface area contributed by atoms with Crippen LogP contribution in [0.15, 0.2) is 36.4 Å². The number of nitrogens with one attached hydrogen (secondary N) is 2. The zero-order chi connectivity index (χ0) is 18.0. The third kappa shape index (κ3) is 3.42. The summed E-state index contributed by atoms with van der Waals surface area (Å²) in [5.41, 5.74) is 2.95. The van der Waals surface area contributed by atoms with Crippen LogP contribution < -0.4 is 20.1 Å². The van der Waals surface area contributed by atoms with Gasteiger partial charge in [0.05, 0.1) is 26.7 Å². The van der Waals surface area contributed by atoms with Gasteiger partial charge in [0.15, 0.2) is 0 Å². The van der Waals surface area contributed by atoms with Gasteiger partial charge >= 0.3 is 0 Å². The molecule has 0 aromatic heterocycles. The van der Waals surface area contributed by atoms with Crippen molar-refractivity contribution in [3.63, 3.8) is 0 Å². The standard InChI is InChI=1S/C19H20N2O4/c1-11(15-10-14(24-2)5-7-17(15)25-3)20-19(23)12-4-6-16-13(8-12)9-18(22)21-16/h4-8,10-11H,9H2,1-3H3,(H,20,23)(H,21,22). The molecule has 6 nitrogen and oxygen atoms in total. The SMILES string of the molecule is COc1ccc(OC)c(C(C)NC(=O)c2ccc3c(c2)CC(=O)N3)c1. The van der Waals surface area contributed by atoms with E-state index in [0.717, 1.165) is 16.8 Å². The van der Waals surface area contributed by atoms with E-state index in [1.54, 1.807) is 38.5 Å². The van der Waals surface area contributed by atoms with Crippen molar-refractivity contribution in [3.05, 3.63) is 53.1 Å². The number of amides is 2. The maximum absolute atomic E-state index is 12.6. The molecular formula is C19H20N2O4. The molecule has 1 atom stereocenters. The Morgan fingerprint density at radius 2 is 1.96 bits per heavy atom. The highest BCUT2D eigenvalue weighted by Gasteiger charge is 2.21. The summed E-state index contributed by atoms with van der Waals surface area (Å²) in [6.45, 7) is 1.88. The highest BCUT2D eigenvalue weighted by molar-refractivity contribution is 6.01. The Bertz CT molecular complexity index is 832. The number of rotatable bonds is 5. The van der Waals surface area contributed by atoms with Gasteiger partial charge in [0.2, 0.25) is 5.91 Å². The zero-order valence-corrected chi connectivity index (χ0v) is 14.4. The smallest absolute Gasteiger partial charge is 0.251 e. The number of hydrogen-bond acceptors (Lipinski definition) is 4. The normalized spacial score (nSPS) is 13.6. The molecule has 1 unspecified atom stereocenters. The van der Waals surface area contributed by atoms with Gasteiger partial charge in [-0.05, 0) is 48.9 Å². The molecular weight excluding hydrogens is 320 g/mol. The predicted octanol–water partition coefficient (Wildman–Crippen LogP) is 2.69. The molecule has 0 saturated carbocycles. The van der Waals surface area contributed by atoms with Gasteiger partial charge in [-0.1, -0.05) is 0 Å². The summed E-state index contributed by atoms with van der Waals surface area (Å²) in [5, 5.41) is 5.72. The van der Waals surface area contributed by atoms with Gasteiger partial charge in [0.25, 0.3) is 5.91 Å². The van der Waals surface area contributed by atoms with E-state index in [9.17, 15) is 9.59 Å². The van der Waals surface area contributed by atoms with Crippen molar-refractivity contribution in [1.82, 2.24) is 5.32 Å².